The lowest BCUT2D eigenvalue weighted by atomic mass is 10.1. The second kappa shape index (κ2) is 8.02. The molecule has 1 heterocycles. The third kappa shape index (κ3) is 4.19. The van der Waals surface area contributed by atoms with Crippen molar-refractivity contribution in [2.45, 2.75) is 6.92 Å². The lowest BCUT2D eigenvalue weighted by Crippen LogP contribution is -2.20. The third-order valence-corrected chi connectivity index (χ3v) is 4.55. The molecule has 1 amide bonds. The molecule has 0 unspecified atom stereocenters. The first-order chi connectivity index (χ1) is 14.1. The number of carbonyl (C=O) groups is 1. The molecule has 144 valence electrons. The van der Waals surface area contributed by atoms with Gasteiger partial charge in [0.15, 0.2) is 6.61 Å². The van der Waals surface area contributed by atoms with Gasteiger partial charge in [0.1, 0.15) is 11.3 Å². The smallest absolute Gasteiger partial charge is 0.344 e. The maximum atomic E-state index is 12.4. The summed E-state index contributed by atoms with van der Waals surface area (Å²) in [6.07, 6.45) is 0. The molecule has 5 heteroatoms. The molecule has 29 heavy (non-hydrogen) atoms. The van der Waals surface area contributed by atoms with Crippen molar-refractivity contribution in [3.05, 3.63) is 94.8 Å². The van der Waals surface area contributed by atoms with Gasteiger partial charge in [-0.1, -0.05) is 48.5 Å². The second-order valence-corrected chi connectivity index (χ2v) is 6.67. The van der Waals surface area contributed by atoms with Crippen LogP contribution in [0.2, 0.25) is 0 Å². The zero-order valence-corrected chi connectivity index (χ0v) is 15.8. The van der Waals surface area contributed by atoms with Crippen LogP contribution in [-0.2, 0) is 4.79 Å². The van der Waals surface area contributed by atoms with Crippen LogP contribution < -0.4 is 15.7 Å². The summed E-state index contributed by atoms with van der Waals surface area (Å²) in [6.45, 7) is 1.82. The fourth-order valence-electron chi connectivity index (χ4n) is 3.09. The molecule has 0 spiro atoms. The van der Waals surface area contributed by atoms with Crippen LogP contribution >= 0.6 is 0 Å². The summed E-state index contributed by atoms with van der Waals surface area (Å²) in [4.78, 5) is 24.7. The minimum absolute atomic E-state index is 0.104. The van der Waals surface area contributed by atoms with E-state index >= 15 is 0 Å². The fourth-order valence-corrected chi connectivity index (χ4v) is 3.09. The largest absolute Gasteiger partial charge is 0.483 e. The molecule has 0 saturated heterocycles. The predicted octanol–water partition coefficient (Wildman–Crippen LogP) is 4.79. The van der Waals surface area contributed by atoms with Gasteiger partial charge in [-0.05, 0) is 48.4 Å². The Hall–Kier alpha value is -3.86. The lowest BCUT2D eigenvalue weighted by molar-refractivity contribution is -0.118. The Kier molecular flexibility index (Phi) is 5.12. The Balaban J connectivity index is 1.52. The van der Waals surface area contributed by atoms with E-state index in [1.807, 2.05) is 49.4 Å². The summed E-state index contributed by atoms with van der Waals surface area (Å²) in [5.74, 6) is 0.390. The number of para-hydroxylation sites is 2. The van der Waals surface area contributed by atoms with Crippen molar-refractivity contribution in [3.63, 3.8) is 0 Å². The Morgan fingerprint density at radius 3 is 2.62 bits per heavy atom. The summed E-state index contributed by atoms with van der Waals surface area (Å²) in [5.41, 5.74) is 2.77. The highest BCUT2D eigenvalue weighted by molar-refractivity contribution is 5.92. The molecule has 1 aromatic heterocycles. The Morgan fingerprint density at radius 1 is 0.966 bits per heavy atom. The van der Waals surface area contributed by atoms with Crippen LogP contribution in [-0.4, -0.2) is 12.5 Å². The topological polar surface area (TPSA) is 68.5 Å². The molecule has 5 nitrogen and oxygen atoms in total. The first kappa shape index (κ1) is 18.5. The number of ether oxygens (including phenoxy) is 1. The highest BCUT2D eigenvalue weighted by atomic mass is 16.5. The van der Waals surface area contributed by atoms with E-state index < -0.39 is 5.63 Å². The monoisotopic (exact) mass is 385 g/mol. The third-order valence-electron chi connectivity index (χ3n) is 4.55. The van der Waals surface area contributed by atoms with Crippen LogP contribution in [0.4, 0.5) is 5.69 Å². The number of benzene rings is 3. The van der Waals surface area contributed by atoms with Gasteiger partial charge >= 0.3 is 5.63 Å². The molecule has 0 atom stereocenters. The second-order valence-electron chi connectivity index (χ2n) is 6.67. The van der Waals surface area contributed by atoms with E-state index in [9.17, 15) is 9.59 Å². The number of amides is 1. The molecule has 0 saturated carbocycles. The maximum absolute atomic E-state index is 12.4. The standard InChI is InChI=1S/C24H19NO4/c1-16-7-2-4-11-21(16)28-15-23(26)25-19-10-6-9-17(13-19)20-14-18-8-3-5-12-22(18)29-24(20)27/h2-14H,15H2,1H3,(H,25,26). The molecular formula is C24H19NO4. The Bertz CT molecular complexity index is 1240. The summed E-state index contributed by atoms with van der Waals surface area (Å²) >= 11 is 0. The van der Waals surface area contributed by atoms with E-state index in [0.29, 0.717) is 28.1 Å². The predicted molar refractivity (Wildman–Crippen MR) is 113 cm³/mol. The normalized spacial score (nSPS) is 10.7. The van der Waals surface area contributed by atoms with Crippen LogP contribution in [0.5, 0.6) is 5.75 Å². The number of hydrogen-bond donors (Lipinski definition) is 1. The van der Waals surface area contributed by atoms with Crippen molar-refractivity contribution in [2.24, 2.45) is 0 Å². The average molecular weight is 385 g/mol. The molecule has 0 fully saturated rings. The highest BCUT2D eigenvalue weighted by Crippen LogP contribution is 2.23. The molecule has 1 N–H and O–H groups in total. The molecule has 0 aliphatic heterocycles. The fraction of sp³-hybridized carbons (Fsp3) is 0.0833. The van der Waals surface area contributed by atoms with Gasteiger partial charge in [0.05, 0.1) is 5.56 Å². The lowest BCUT2D eigenvalue weighted by Gasteiger charge is -2.10. The van der Waals surface area contributed by atoms with Crippen molar-refractivity contribution in [1.82, 2.24) is 0 Å². The Morgan fingerprint density at radius 2 is 1.76 bits per heavy atom. The summed E-state index contributed by atoms with van der Waals surface area (Å²) in [6, 6.07) is 23.7. The number of carbonyl (C=O) groups excluding carboxylic acids is 1. The summed E-state index contributed by atoms with van der Waals surface area (Å²) in [5, 5.41) is 3.64. The van der Waals surface area contributed by atoms with Crippen LogP contribution in [0.15, 0.2) is 88.1 Å². The molecule has 0 aliphatic carbocycles. The SMILES string of the molecule is Cc1ccccc1OCC(=O)Nc1cccc(-c2cc3ccccc3oc2=O)c1. The van der Waals surface area contributed by atoms with Gasteiger partial charge in [0, 0.05) is 11.1 Å². The molecule has 4 rings (SSSR count). The first-order valence-electron chi connectivity index (χ1n) is 9.22. The number of rotatable bonds is 5. The minimum Gasteiger partial charge on any atom is -0.483 e. The van der Waals surface area contributed by atoms with Crippen molar-refractivity contribution < 1.29 is 13.9 Å². The van der Waals surface area contributed by atoms with Crippen molar-refractivity contribution >= 4 is 22.6 Å². The zero-order chi connectivity index (χ0) is 20.2. The van der Waals surface area contributed by atoms with E-state index in [0.717, 1.165) is 10.9 Å². The quantitative estimate of drug-likeness (QED) is 0.502. The molecular weight excluding hydrogens is 366 g/mol. The summed E-state index contributed by atoms with van der Waals surface area (Å²) < 4.78 is 11.0. The Labute approximate surface area is 167 Å². The first-order valence-corrected chi connectivity index (χ1v) is 9.22. The van der Waals surface area contributed by atoms with Gasteiger partial charge < -0.3 is 14.5 Å². The van der Waals surface area contributed by atoms with Gasteiger partial charge in [-0.3, -0.25) is 4.79 Å². The maximum Gasteiger partial charge on any atom is 0.344 e. The van der Waals surface area contributed by atoms with Gasteiger partial charge in [-0.15, -0.1) is 0 Å². The number of fused-ring (bicyclic) bond motifs is 1. The molecule has 0 radical (unpaired) electrons. The van der Waals surface area contributed by atoms with E-state index in [2.05, 4.69) is 5.32 Å². The van der Waals surface area contributed by atoms with Crippen molar-refractivity contribution in [1.29, 1.82) is 0 Å². The van der Waals surface area contributed by atoms with E-state index in [4.69, 9.17) is 9.15 Å². The van der Waals surface area contributed by atoms with Gasteiger partial charge in [-0.25, -0.2) is 4.79 Å². The number of nitrogens with one attached hydrogen (secondary N) is 1. The van der Waals surface area contributed by atoms with Crippen LogP contribution in [0.3, 0.4) is 0 Å². The van der Waals surface area contributed by atoms with E-state index in [1.54, 1.807) is 36.4 Å². The molecule has 0 aliphatic rings. The van der Waals surface area contributed by atoms with E-state index in [1.165, 1.54) is 0 Å². The van der Waals surface area contributed by atoms with Gasteiger partial charge in [0.2, 0.25) is 0 Å². The minimum atomic E-state index is -0.421. The zero-order valence-electron chi connectivity index (χ0n) is 15.8. The van der Waals surface area contributed by atoms with Crippen LogP contribution in [0.1, 0.15) is 5.56 Å². The van der Waals surface area contributed by atoms with Crippen molar-refractivity contribution in [2.75, 3.05) is 11.9 Å². The van der Waals surface area contributed by atoms with Gasteiger partial charge in [-0.2, -0.15) is 0 Å². The average Bonchev–Trinajstić information content (AvgIpc) is 2.73. The van der Waals surface area contributed by atoms with Crippen LogP contribution in [0, 0.1) is 6.92 Å². The van der Waals surface area contributed by atoms with Crippen molar-refractivity contribution in [3.8, 4) is 16.9 Å². The molecule has 4 aromatic rings. The van der Waals surface area contributed by atoms with E-state index in [-0.39, 0.29) is 12.5 Å². The van der Waals surface area contributed by atoms with Crippen LogP contribution in [0.25, 0.3) is 22.1 Å². The number of hydrogen-bond acceptors (Lipinski definition) is 4. The highest BCUT2D eigenvalue weighted by Gasteiger charge is 2.10. The van der Waals surface area contributed by atoms with Gasteiger partial charge in [0.25, 0.3) is 5.91 Å². The molecule has 0 bridgehead atoms. The molecule has 3 aromatic carbocycles. The summed E-state index contributed by atoms with van der Waals surface area (Å²) in [7, 11) is 0. The number of anilines is 1. The number of aryl methyl sites for hydroxylation is 1.